The fourth-order valence-corrected chi connectivity index (χ4v) is 18.1. The SMILES string of the molecule is Brc1c(-c2ccccc2)nc2c3c(ccn12)c(-c1ccccc1)nc1ccccc13.Brc1cccn2cc(-c3ccccc3)nc12.Nc1ccccc1-c1cccn2cc(-c3ccccc3)nc12.Nc1ncccc1Br.O=C(Cc1ccccc1-c1cccn2cc(-c3ccccc3)nc12)c1ccccc1.c1ccc(-c2cn3ccc4c(-c5ccccc5)nc5ccccc5c4c3n2)cc1. The molecule has 0 aliphatic heterocycles. The number of para-hydroxylation sites is 3. The highest BCUT2D eigenvalue weighted by molar-refractivity contribution is 9.11. The third-order valence-corrected chi connectivity index (χ3v) is 25.3. The normalized spacial score (nSPS) is 11.0. The van der Waals surface area contributed by atoms with Crippen LogP contribution in [0.2, 0.25) is 0 Å². The number of hydrogen-bond acceptors (Lipinski definition) is 11. The molecule has 0 bridgehead atoms. The van der Waals surface area contributed by atoms with E-state index in [9.17, 15) is 4.79 Å². The van der Waals surface area contributed by atoms with Crippen molar-refractivity contribution >= 4 is 137 Å². The lowest BCUT2D eigenvalue weighted by Gasteiger charge is -2.11. The molecule has 25 aromatic rings. The summed E-state index contributed by atoms with van der Waals surface area (Å²) in [5.74, 6) is 0.649. The average Bonchev–Trinajstić information content (AvgIpc) is 1.64. The number of carbonyl (C=O) groups is 1. The van der Waals surface area contributed by atoms with Gasteiger partial charge in [-0.2, -0.15) is 0 Å². The molecule has 0 saturated heterocycles. The summed E-state index contributed by atoms with van der Waals surface area (Å²) in [6.45, 7) is 0. The largest absolute Gasteiger partial charge is 0.398 e. The fraction of sp³-hybridized carbons (Fsp3) is 0.00862. The molecule has 135 heavy (non-hydrogen) atoms. The number of pyridine rings is 8. The Bertz CT molecular complexity index is 8520. The summed E-state index contributed by atoms with van der Waals surface area (Å²) in [4.78, 5) is 51.1. The number of aromatic nitrogens is 13. The number of nitrogens with zero attached hydrogens (tertiary/aromatic N) is 13. The van der Waals surface area contributed by atoms with Gasteiger partial charge in [0.15, 0.2) is 11.4 Å². The van der Waals surface area contributed by atoms with E-state index in [2.05, 4.69) is 261 Å². The number of ketones is 1. The Hall–Kier alpha value is -16.7. The smallest absolute Gasteiger partial charge is 0.167 e. The average molecular weight is 1940 g/mol. The molecule has 13 heterocycles. The van der Waals surface area contributed by atoms with Crippen molar-refractivity contribution in [3.05, 3.63) is 487 Å². The van der Waals surface area contributed by atoms with Crippen LogP contribution in [0.1, 0.15) is 15.9 Å². The van der Waals surface area contributed by atoms with Crippen LogP contribution < -0.4 is 11.5 Å². The van der Waals surface area contributed by atoms with Gasteiger partial charge in [0.1, 0.15) is 38.7 Å². The maximum Gasteiger partial charge on any atom is 0.167 e. The number of benzene rings is 12. The summed E-state index contributed by atoms with van der Waals surface area (Å²) >= 11 is 10.5. The quantitative estimate of drug-likeness (QED) is 0.0671. The number of fused-ring (bicyclic) bond motifs is 13. The van der Waals surface area contributed by atoms with Gasteiger partial charge >= 0.3 is 0 Å². The number of Topliss-reactive ketones (excluding diaryl/α,β-unsaturated/α-hetero) is 1. The van der Waals surface area contributed by atoms with E-state index >= 15 is 0 Å². The number of imidazole rings is 5. The van der Waals surface area contributed by atoms with E-state index in [4.69, 9.17) is 41.4 Å². The van der Waals surface area contributed by atoms with E-state index in [1.165, 1.54) is 0 Å². The number of nitrogen functional groups attached to an aromatic ring is 2. The van der Waals surface area contributed by atoms with Gasteiger partial charge < -0.3 is 29.1 Å². The van der Waals surface area contributed by atoms with Gasteiger partial charge in [-0.05, 0) is 138 Å². The van der Waals surface area contributed by atoms with Crippen molar-refractivity contribution in [2.75, 3.05) is 11.5 Å². The van der Waals surface area contributed by atoms with Crippen LogP contribution >= 0.6 is 47.8 Å². The zero-order valence-electron chi connectivity index (χ0n) is 72.6. The first-order valence-corrected chi connectivity index (χ1v) is 46.3. The van der Waals surface area contributed by atoms with Gasteiger partial charge in [-0.25, -0.2) is 39.9 Å². The fourth-order valence-electron chi connectivity index (χ4n) is 16.8. The maximum atomic E-state index is 12.8. The third kappa shape index (κ3) is 18.5. The molecule has 0 unspecified atom stereocenters. The molecule has 0 aliphatic carbocycles. The molecule has 4 N–H and O–H groups in total. The van der Waals surface area contributed by atoms with Crippen molar-refractivity contribution in [3.63, 3.8) is 0 Å². The molecular formula is C116H82Br3N15O. The summed E-state index contributed by atoms with van der Waals surface area (Å²) in [7, 11) is 0. The topological polar surface area (TPSA) is 194 Å². The summed E-state index contributed by atoms with van der Waals surface area (Å²) in [5.41, 5.74) is 39.2. The lowest BCUT2D eigenvalue weighted by Crippen LogP contribution is -2.04. The van der Waals surface area contributed by atoms with Gasteiger partial charge in [-0.15, -0.1) is 0 Å². The molecular weight excluding hydrogens is 1860 g/mol. The Kier molecular flexibility index (Phi) is 25.3. The van der Waals surface area contributed by atoms with E-state index < -0.39 is 0 Å². The molecule has 0 radical (unpaired) electrons. The molecule has 19 heteroatoms. The van der Waals surface area contributed by atoms with Crippen LogP contribution in [0.5, 0.6) is 0 Å². The van der Waals surface area contributed by atoms with E-state index in [-0.39, 0.29) is 5.78 Å². The number of carbonyl (C=O) groups excluding carboxylic acids is 1. The Labute approximate surface area is 803 Å². The van der Waals surface area contributed by atoms with Gasteiger partial charge in [0.05, 0.1) is 54.1 Å². The summed E-state index contributed by atoms with van der Waals surface area (Å²) in [6, 6.07) is 134. The van der Waals surface area contributed by atoms with Crippen LogP contribution in [0.25, 0.3) is 173 Å². The first-order chi connectivity index (χ1) is 66.5. The first-order valence-electron chi connectivity index (χ1n) is 43.9. The molecule has 25 rings (SSSR count). The zero-order valence-corrected chi connectivity index (χ0v) is 77.4. The number of rotatable bonds is 12. The highest BCUT2D eigenvalue weighted by Gasteiger charge is 2.22. The summed E-state index contributed by atoms with van der Waals surface area (Å²) < 4.78 is 13.2. The van der Waals surface area contributed by atoms with Crippen molar-refractivity contribution in [2.45, 2.75) is 6.42 Å². The minimum Gasteiger partial charge on any atom is -0.398 e. The molecule has 0 fully saturated rings. The number of nitrogens with two attached hydrogens (primary N) is 2. The van der Waals surface area contributed by atoms with Crippen molar-refractivity contribution in [2.24, 2.45) is 0 Å². The molecule has 0 saturated carbocycles. The van der Waals surface area contributed by atoms with Crippen molar-refractivity contribution in [1.29, 1.82) is 0 Å². The van der Waals surface area contributed by atoms with Crippen LogP contribution in [0.15, 0.2) is 476 Å². The van der Waals surface area contributed by atoms with Crippen LogP contribution in [0.4, 0.5) is 11.5 Å². The Balaban J connectivity index is 0.000000104. The van der Waals surface area contributed by atoms with Gasteiger partial charge in [0.2, 0.25) is 0 Å². The summed E-state index contributed by atoms with van der Waals surface area (Å²) in [5, 5.41) is 6.70. The van der Waals surface area contributed by atoms with Gasteiger partial charge in [-0.3, -0.25) is 9.20 Å². The predicted octanol–water partition coefficient (Wildman–Crippen LogP) is 29.0. The van der Waals surface area contributed by atoms with Gasteiger partial charge in [-0.1, -0.05) is 322 Å². The molecule has 16 nitrogen and oxygen atoms in total. The first kappa shape index (κ1) is 86.3. The minimum absolute atomic E-state index is 0.114. The molecule has 13 aromatic heterocycles. The predicted molar refractivity (Wildman–Crippen MR) is 561 cm³/mol. The van der Waals surface area contributed by atoms with Gasteiger partial charge in [0, 0.05) is 168 Å². The van der Waals surface area contributed by atoms with Crippen LogP contribution in [0, 0.1) is 0 Å². The minimum atomic E-state index is 0.114. The number of halogens is 3. The maximum absolute atomic E-state index is 12.8. The van der Waals surface area contributed by atoms with E-state index in [1.807, 2.05) is 275 Å². The molecule has 0 atom stereocenters. The molecule has 12 aromatic carbocycles. The Morgan fingerprint density at radius 3 is 1.10 bits per heavy atom. The second-order valence-electron chi connectivity index (χ2n) is 31.9. The van der Waals surface area contributed by atoms with Crippen molar-refractivity contribution in [1.82, 2.24) is 61.9 Å². The van der Waals surface area contributed by atoms with E-state index in [0.29, 0.717) is 12.2 Å². The van der Waals surface area contributed by atoms with Crippen LogP contribution in [0.3, 0.4) is 0 Å². The highest BCUT2D eigenvalue weighted by atomic mass is 79.9. The Morgan fingerprint density at radius 2 is 0.637 bits per heavy atom. The van der Waals surface area contributed by atoms with Crippen molar-refractivity contribution < 1.29 is 4.79 Å². The molecule has 648 valence electrons. The molecule has 0 aliphatic rings. The third-order valence-electron chi connectivity index (χ3n) is 23.3. The van der Waals surface area contributed by atoms with Crippen LogP contribution in [-0.4, -0.2) is 67.7 Å². The molecule has 0 spiro atoms. The summed E-state index contributed by atoms with van der Waals surface area (Å²) in [6.07, 6.45) is 20.4. The van der Waals surface area contributed by atoms with Gasteiger partial charge in [0.25, 0.3) is 0 Å². The van der Waals surface area contributed by atoms with E-state index in [1.54, 1.807) is 6.20 Å². The molecule has 0 amide bonds. The second kappa shape index (κ2) is 39.5. The lowest BCUT2D eigenvalue weighted by molar-refractivity contribution is 0.0993. The van der Waals surface area contributed by atoms with Crippen molar-refractivity contribution in [3.8, 4) is 101 Å². The zero-order chi connectivity index (χ0) is 91.5. The van der Waals surface area contributed by atoms with E-state index in [0.717, 1.165) is 203 Å². The highest BCUT2D eigenvalue weighted by Crippen LogP contribution is 2.41. The standard InChI is InChI=1S/C27H20N2O.C26H16BrN3.C26H17N3.C19H15N3.C13H9BrN2.C5H5BrN2/c30-26(21-12-5-2-6-13-21)18-22-14-7-8-15-23(22)24-16-9-17-29-19-25(28-27(24)29)20-10-3-1-4-11-20;27-25-24(18-11-5-2-6-12-18)29-26-22-19-13-7-8-14-21(19)28-23(17-9-3-1-4-10-17)20(22)15-16-30(25)26;1-3-9-18(10-4-1)23-17-29-16-15-21-24(26(29)28-23)20-13-7-8-14-22(20)27-25(21)19-11-5-2-6-12-19;20-17-11-5-4-9-15(17)16-10-6-12-22-13-18(21-19(16)22)14-7-2-1-3-8-14;14-11-7-4-8-16-9-12(15-13(11)16)10-5-2-1-3-6-10;6-4-2-1-3-8-5(4)7/h1-17,19H,18H2;1-16H;1-17H;1-13H,20H2;1-9H;1-3H,(H2,7,8). The number of anilines is 2. The second-order valence-corrected chi connectivity index (χ2v) is 34.3. The Morgan fingerprint density at radius 1 is 0.274 bits per heavy atom. The number of hydrogen-bond donors (Lipinski definition) is 2. The lowest BCUT2D eigenvalue weighted by atomic mass is 9.95. The monoisotopic (exact) mass is 1940 g/mol. The van der Waals surface area contributed by atoms with Crippen LogP contribution in [-0.2, 0) is 6.42 Å².